The largest absolute Gasteiger partial charge is 0.478 e. The van der Waals surface area contributed by atoms with Crippen molar-refractivity contribution in [3.63, 3.8) is 0 Å². The number of hydrogen-bond donors (Lipinski definition) is 2. The first-order valence-electron chi connectivity index (χ1n) is 7.15. The summed E-state index contributed by atoms with van der Waals surface area (Å²) in [5, 5.41) is 12.4. The third-order valence-corrected chi connectivity index (χ3v) is 5.33. The number of aromatic carboxylic acids is 1. The normalized spacial score (nSPS) is 38.2. The smallest absolute Gasteiger partial charge is 0.337 e. The van der Waals surface area contributed by atoms with Crippen molar-refractivity contribution < 1.29 is 9.90 Å². The summed E-state index contributed by atoms with van der Waals surface area (Å²) in [7, 11) is 0. The highest BCUT2D eigenvalue weighted by Crippen LogP contribution is 2.65. The fourth-order valence-electron chi connectivity index (χ4n) is 4.48. The Morgan fingerprint density at radius 2 is 2.05 bits per heavy atom. The van der Waals surface area contributed by atoms with Crippen LogP contribution in [0, 0.1) is 23.7 Å². The third kappa shape index (κ3) is 1.77. The molecule has 4 heteroatoms. The second-order valence-electron chi connectivity index (χ2n) is 6.24. The van der Waals surface area contributed by atoms with E-state index < -0.39 is 5.97 Å². The van der Waals surface area contributed by atoms with Crippen LogP contribution in [0.5, 0.6) is 0 Å². The molecule has 4 rings (SSSR count). The van der Waals surface area contributed by atoms with E-state index in [1.807, 2.05) is 6.07 Å². The van der Waals surface area contributed by atoms with Crippen LogP contribution in [-0.4, -0.2) is 22.1 Å². The molecule has 4 nitrogen and oxygen atoms in total. The summed E-state index contributed by atoms with van der Waals surface area (Å²) in [5.74, 6) is 2.90. The maximum atomic E-state index is 10.7. The van der Waals surface area contributed by atoms with Crippen LogP contribution >= 0.6 is 0 Å². The van der Waals surface area contributed by atoms with Crippen LogP contribution in [-0.2, 0) is 6.54 Å². The Labute approximate surface area is 112 Å². The van der Waals surface area contributed by atoms with Gasteiger partial charge in [0.05, 0.1) is 11.3 Å². The van der Waals surface area contributed by atoms with Gasteiger partial charge in [0.2, 0.25) is 0 Å². The summed E-state index contributed by atoms with van der Waals surface area (Å²) in [4.78, 5) is 14.9. The number of aromatic nitrogens is 1. The molecule has 1 aromatic heterocycles. The van der Waals surface area contributed by atoms with Crippen molar-refractivity contribution in [3.05, 3.63) is 29.6 Å². The molecule has 0 aliphatic heterocycles. The predicted molar refractivity (Wildman–Crippen MR) is 69.6 cm³/mol. The third-order valence-electron chi connectivity index (χ3n) is 5.33. The molecular weight excluding hydrogens is 240 g/mol. The van der Waals surface area contributed by atoms with Crippen molar-refractivity contribution in [1.82, 2.24) is 10.3 Å². The minimum absolute atomic E-state index is 0.255. The molecular formula is C15H18N2O2. The first kappa shape index (κ1) is 11.4. The van der Waals surface area contributed by atoms with Gasteiger partial charge in [-0.3, -0.25) is 4.98 Å². The Hall–Kier alpha value is -1.42. The lowest BCUT2D eigenvalue weighted by Gasteiger charge is -2.10. The van der Waals surface area contributed by atoms with E-state index in [9.17, 15) is 4.79 Å². The van der Waals surface area contributed by atoms with E-state index in [2.05, 4.69) is 10.3 Å². The Kier molecular flexibility index (Phi) is 2.42. The van der Waals surface area contributed by atoms with Gasteiger partial charge in [-0.2, -0.15) is 0 Å². The fourth-order valence-corrected chi connectivity index (χ4v) is 4.48. The highest BCUT2D eigenvalue weighted by molar-refractivity contribution is 5.87. The van der Waals surface area contributed by atoms with Crippen LogP contribution in [0.15, 0.2) is 18.3 Å². The number of hydrogen-bond acceptors (Lipinski definition) is 3. The average Bonchev–Trinajstić information content (AvgIpc) is 2.80. The van der Waals surface area contributed by atoms with E-state index in [0.717, 1.165) is 35.9 Å². The fraction of sp³-hybridized carbons (Fsp3) is 0.600. The molecule has 0 aromatic carbocycles. The van der Waals surface area contributed by atoms with Crippen LogP contribution in [0.2, 0.25) is 0 Å². The zero-order chi connectivity index (χ0) is 13.0. The maximum absolute atomic E-state index is 10.7. The van der Waals surface area contributed by atoms with Crippen molar-refractivity contribution >= 4 is 5.97 Å². The summed E-state index contributed by atoms with van der Waals surface area (Å²) < 4.78 is 0. The lowest BCUT2D eigenvalue weighted by atomic mass is 10.0. The van der Waals surface area contributed by atoms with E-state index in [1.165, 1.54) is 25.5 Å². The zero-order valence-corrected chi connectivity index (χ0v) is 10.7. The highest BCUT2D eigenvalue weighted by Gasteiger charge is 2.64. The molecule has 0 spiro atoms. The Morgan fingerprint density at radius 3 is 2.63 bits per heavy atom. The van der Waals surface area contributed by atoms with Crippen molar-refractivity contribution in [1.29, 1.82) is 0 Å². The minimum atomic E-state index is -0.916. The van der Waals surface area contributed by atoms with Crippen molar-refractivity contribution in [2.75, 3.05) is 0 Å². The Morgan fingerprint density at radius 1 is 1.32 bits per heavy atom. The molecule has 3 saturated carbocycles. The van der Waals surface area contributed by atoms with Gasteiger partial charge in [-0.25, -0.2) is 4.79 Å². The molecule has 0 amide bonds. The number of nitrogens with one attached hydrogen (secondary N) is 1. The summed E-state index contributed by atoms with van der Waals surface area (Å²) in [6.45, 7) is 0.761. The van der Waals surface area contributed by atoms with Gasteiger partial charge in [-0.15, -0.1) is 0 Å². The second kappa shape index (κ2) is 4.04. The summed E-state index contributed by atoms with van der Waals surface area (Å²) in [6, 6.07) is 4.14. The number of carboxylic acid groups (broad SMARTS) is 1. The topological polar surface area (TPSA) is 62.2 Å². The molecule has 100 valence electrons. The standard InChI is InChI=1S/C15H18N2O2/c18-15(19)10-3-4-11(16-6-10)7-17-14-12-8-1-2-9(5-8)13(12)14/h3-4,6,8-9,12-14,17H,1-2,5,7H2,(H,18,19). The molecule has 2 N–H and O–H groups in total. The number of nitrogens with zero attached hydrogens (tertiary/aromatic N) is 1. The van der Waals surface area contributed by atoms with E-state index in [1.54, 1.807) is 6.07 Å². The van der Waals surface area contributed by atoms with E-state index in [-0.39, 0.29) is 5.56 Å². The van der Waals surface area contributed by atoms with Crippen molar-refractivity contribution in [2.45, 2.75) is 31.8 Å². The summed E-state index contributed by atoms with van der Waals surface area (Å²) in [6.07, 6.45) is 5.79. The van der Waals surface area contributed by atoms with E-state index in [4.69, 9.17) is 5.11 Å². The highest BCUT2D eigenvalue weighted by atomic mass is 16.4. The molecule has 1 aromatic rings. The molecule has 19 heavy (non-hydrogen) atoms. The predicted octanol–water partition coefficient (Wildman–Crippen LogP) is 1.91. The monoisotopic (exact) mass is 258 g/mol. The Balaban J connectivity index is 1.35. The molecule has 3 aliphatic carbocycles. The summed E-state index contributed by atoms with van der Waals surface area (Å²) >= 11 is 0. The first-order chi connectivity index (χ1) is 9.24. The van der Waals surface area contributed by atoms with Crippen LogP contribution < -0.4 is 5.32 Å². The van der Waals surface area contributed by atoms with Gasteiger partial charge in [-0.1, -0.05) is 0 Å². The van der Waals surface area contributed by atoms with Crippen LogP contribution in [0.1, 0.15) is 35.3 Å². The number of rotatable bonds is 4. The summed E-state index contributed by atoms with van der Waals surface area (Å²) in [5.41, 5.74) is 1.19. The molecule has 1 heterocycles. The zero-order valence-electron chi connectivity index (χ0n) is 10.7. The van der Waals surface area contributed by atoms with Gasteiger partial charge in [0.1, 0.15) is 0 Å². The molecule has 3 fully saturated rings. The van der Waals surface area contributed by atoms with E-state index >= 15 is 0 Å². The molecule has 4 unspecified atom stereocenters. The van der Waals surface area contributed by atoms with Crippen LogP contribution in [0.4, 0.5) is 0 Å². The van der Waals surface area contributed by atoms with Gasteiger partial charge in [0.15, 0.2) is 0 Å². The van der Waals surface area contributed by atoms with E-state index in [0.29, 0.717) is 6.04 Å². The van der Waals surface area contributed by atoms with Crippen LogP contribution in [0.25, 0.3) is 0 Å². The minimum Gasteiger partial charge on any atom is -0.478 e. The number of carbonyl (C=O) groups is 1. The van der Waals surface area contributed by atoms with Gasteiger partial charge in [-0.05, 0) is 55.1 Å². The molecule has 4 atom stereocenters. The van der Waals surface area contributed by atoms with Gasteiger partial charge in [0.25, 0.3) is 0 Å². The van der Waals surface area contributed by atoms with Crippen LogP contribution in [0.3, 0.4) is 0 Å². The molecule has 0 radical (unpaired) electrons. The number of fused-ring (bicyclic) bond motifs is 5. The average molecular weight is 258 g/mol. The lowest BCUT2D eigenvalue weighted by Crippen LogP contribution is -2.23. The quantitative estimate of drug-likeness (QED) is 0.866. The number of pyridine rings is 1. The van der Waals surface area contributed by atoms with Gasteiger partial charge < -0.3 is 10.4 Å². The number of carboxylic acids is 1. The first-order valence-corrected chi connectivity index (χ1v) is 7.15. The molecule has 2 bridgehead atoms. The van der Waals surface area contributed by atoms with Crippen molar-refractivity contribution in [3.8, 4) is 0 Å². The Bertz CT molecular complexity index is 497. The lowest BCUT2D eigenvalue weighted by molar-refractivity contribution is 0.0696. The van der Waals surface area contributed by atoms with Crippen molar-refractivity contribution in [2.24, 2.45) is 23.7 Å². The van der Waals surface area contributed by atoms with Gasteiger partial charge in [0, 0.05) is 18.8 Å². The second-order valence-corrected chi connectivity index (χ2v) is 6.24. The molecule has 3 aliphatic rings. The maximum Gasteiger partial charge on any atom is 0.337 e. The van der Waals surface area contributed by atoms with Gasteiger partial charge >= 0.3 is 5.97 Å². The molecule has 0 saturated heterocycles. The SMILES string of the molecule is O=C(O)c1ccc(CNC2C3C4CCC(C4)C23)nc1.